The Labute approximate surface area is 129 Å². The summed E-state index contributed by atoms with van der Waals surface area (Å²) >= 11 is 9.66. The normalized spacial score (nSPS) is 22.1. The fourth-order valence-corrected chi connectivity index (χ4v) is 3.54. The standard InChI is InChI=1S/C15H22BrClN2/c1-10(2)14-4-3-7-19(14)15(9-18)11-5-6-12(16)13(17)8-11/h5-6,8,10,14-15H,3-4,7,9,18H2,1-2H3. The van der Waals surface area contributed by atoms with Gasteiger partial charge in [-0.25, -0.2) is 0 Å². The molecule has 1 aromatic rings. The molecule has 4 heteroatoms. The number of nitrogens with two attached hydrogens (primary N) is 1. The molecular weight excluding hydrogens is 324 g/mol. The molecule has 1 aliphatic heterocycles. The van der Waals surface area contributed by atoms with Gasteiger partial charge in [-0.1, -0.05) is 31.5 Å². The summed E-state index contributed by atoms with van der Waals surface area (Å²) in [4.78, 5) is 2.56. The van der Waals surface area contributed by atoms with Crippen LogP contribution in [0.1, 0.15) is 38.3 Å². The largest absolute Gasteiger partial charge is 0.329 e. The topological polar surface area (TPSA) is 29.3 Å². The van der Waals surface area contributed by atoms with Crippen LogP contribution in [0, 0.1) is 5.92 Å². The number of rotatable bonds is 4. The summed E-state index contributed by atoms with van der Waals surface area (Å²) in [6.07, 6.45) is 2.54. The van der Waals surface area contributed by atoms with Crippen LogP contribution in [0.25, 0.3) is 0 Å². The molecule has 1 aromatic carbocycles. The number of likely N-dealkylation sites (tertiary alicyclic amines) is 1. The minimum absolute atomic E-state index is 0.278. The van der Waals surface area contributed by atoms with E-state index in [0.717, 1.165) is 16.0 Å². The molecule has 2 nitrogen and oxygen atoms in total. The second-order valence-electron chi connectivity index (χ2n) is 5.62. The first-order chi connectivity index (χ1) is 9.04. The molecule has 1 heterocycles. The van der Waals surface area contributed by atoms with E-state index in [0.29, 0.717) is 18.5 Å². The molecule has 0 radical (unpaired) electrons. The van der Waals surface area contributed by atoms with Crippen LogP contribution in [-0.2, 0) is 0 Å². The maximum absolute atomic E-state index is 6.21. The Balaban J connectivity index is 2.26. The highest BCUT2D eigenvalue weighted by molar-refractivity contribution is 9.10. The van der Waals surface area contributed by atoms with Gasteiger partial charge in [0.2, 0.25) is 0 Å². The molecule has 2 atom stereocenters. The third kappa shape index (κ3) is 3.33. The Kier molecular flexibility index (Phi) is 5.29. The first kappa shape index (κ1) is 15.3. The van der Waals surface area contributed by atoms with Gasteiger partial charge in [-0.05, 0) is 58.9 Å². The van der Waals surface area contributed by atoms with Gasteiger partial charge in [0.1, 0.15) is 0 Å². The Hall–Kier alpha value is -0.0900. The van der Waals surface area contributed by atoms with Crippen LogP contribution >= 0.6 is 27.5 Å². The molecule has 1 aliphatic rings. The van der Waals surface area contributed by atoms with Crippen molar-refractivity contribution in [2.75, 3.05) is 13.1 Å². The molecule has 0 bridgehead atoms. The summed E-state index contributed by atoms with van der Waals surface area (Å²) in [5.41, 5.74) is 7.26. The zero-order chi connectivity index (χ0) is 14.0. The molecule has 19 heavy (non-hydrogen) atoms. The summed E-state index contributed by atoms with van der Waals surface area (Å²) in [5.74, 6) is 0.669. The second-order valence-corrected chi connectivity index (χ2v) is 6.88. The lowest BCUT2D eigenvalue weighted by Gasteiger charge is -2.35. The highest BCUT2D eigenvalue weighted by atomic mass is 79.9. The first-order valence-electron chi connectivity index (χ1n) is 6.95. The van der Waals surface area contributed by atoms with Crippen molar-refractivity contribution >= 4 is 27.5 Å². The molecule has 0 aromatic heterocycles. The smallest absolute Gasteiger partial charge is 0.0551 e. The van der Waals surface area contributed by atoms with Gasteiger partial charge in [-0.2, -0.15) is 0 Å². The van der Waals surface area contributed by atoms with E-state index in [1.54, 1.807) is 0 Å². The zero-order valence-electron chi connectivity index (χ0n) is 11.6. The van der Waals surface area contributed by atoms with E-state index in [1.165, 1.54) is 18.4 Å². The molecule has 2 unspecified atom stereocenters. The van der Waals surface area contributed by atoms with Crippen LogP contribution in [0.5, 0.6) is 0 Å². The summed E-state index contributed by atoms with van der Waals surface area (Å²) in [7, 11) is 0. The molecule has 2 N–H and O–H groups in total. The summed E-state index contributed by atoms with van der Waals surface area (Å²) in [5, 5.41) is 0.760. The van der Waals surface area contributed by atoms with E-state index >= 15 is 0 Å². The van der Waals surface area contributed by atoms with Gasteiger partial charge in [-0.15, -0.1) is 0 Å². The van der Waals surface area contributed by atoms with Crippen LogP contribution in [0.4, 0.5) is 0 Å². The van der Waals surface area contributed by atoms with Crippen molar-refractivity contribution in [1.82, 2.24) is 4.90 Å². The monoisotopic (exact) mass is 344 g/mol. The number of halogens is 2. The fraction of sp³-hybridized carbons (Fsp3) is 0.600. The van der Waals surface area contributed by atoms with Crippen molar-refractivity contribution in [1.29, 1.82) is 0 Å². The number of nitrogens with zero attached hydrogens (tertiary/aromatic N) is 1. The van der Waals surface area contributed by atoms with E-state index in [1.807, 2.05) is 12.1 Å². The Morgan fingerprint density at radius 1 is 1.47 bits per heavy atom. The minimum Gasteiger partial charge on any atom is -0.329 e. The van der Waals surface area contributed by atoms with Crippen molar-refractivity contribution in [3.8, 4) is 0 Å². The van der Waals surface area contributed by atoms with Crippen molar-refractivity contribution in [3.05, 3.63) is 33.3 Å². The molecule has 0 aliphatic carbocycles. The van der Waals surface area contributed by atoms with Gasteiger partial charge in [0.05, 0.1) is 5.02 Å². The molecule has 1 fully saturated rings. The molecule has 2 rings (SSSR count). The predicted molar refractivity (Wildman–Crippen MR) is 85.5 cm³/mol. The van der Waals surface area contributed by atoms with Crippen LogP contribution < -0.4 is 5.73 Å². The molecule has 0 spiro atoms. The van der Waals surface area contributed by atoms with E-state index < -0.39 is 0 Å². The van der Waals surface area contributed by atoms with E-state index in [4.69, 9.17) is 17.3 Å². The first-order valence-corrected chi connectivity index (χ1v) is 8.12. The van der Waals surface area contributed by atoms with Crippen LogP contribution in [0.3, 0.4) is 0 Å². The summed E-state index contributed by atoms with van der Waals surface area (Å²) < 4.78 is 0.940. The highest BCUT2D eigenvalue weighted by Gasteiger charge is 2.32. The maximum Gasteiger partial charge on any atom is 0.0551 e. The SMILES string of the molecule is CC(C)C1CCCN1C(CN)c1ccc(Br)c(Cl)c1. The van der Waals surface area contributed by atoms with Gasteiger partial charge in [0, 0.05) is 23.1 Å². The Bertz CT molecular complexity index is 436. The van der Waals surface area contributed by atoms with Crippen LogP contribution in [0.2, 0.25) is 5.02 Å². The van der Waals surface area contributed by atoms with E-state index in [2.05, 4.69) is 40.7 Å². The van der Waals surface area contributed by atoms with E-state index in [9.17, 15) is 0 Å². The van der Waals surface area contributed by atoms with Crippen molar-refractivity contribution in [2.45, 2.75) is 38.8 Å². The van der Waals surface area contributed by atoms with Gasteiger partial charge in [0.15, 0.2) is 0 Å². The third-order valence-electron chi connectivity index (χ3n) is 4.06. The third-order valence-corrected chi connectivity index (χ3v) is 5.30. The fourth-order valence-electron chi connectivity index (χ4n) is 3.10. The number of benzene rings is 1. The average Bonchev–Trinajstić information content (AvgIpc) is 2.84. The zero-order valence-corrected chi connectivity index (χ0v) is 13.9. The van der Waals surface area contributed by atoms with Gasteiger partial charge < -0.3 is 5.73 Å². The number of hydrogen-bond acceptors (Lipinski definition) is 2. The maximum atomic E-state index is 6.21. The summed E-state index contributed by atoms with van der Waals surface area (Å²) in [6.45, 7) is 6.37. The van der Waals surface area contributed by atoms with Gasteiger partial charge >= 0.3 is 0 Å². The lowest BCUT2D eigenvalue weighted by Crippen LogP contribution is -2.39. The second kappa shape index (κ2) is 6.57. The minimum atomic E-state index is 0.278. The van der Waals surface area contributed by atoms with Crippen molar-refractivity contribution in [3.63, 3.8) is 0 Å². The lowest BCUT2D eigenvalue weighted by atomic mass is 9.98. The molecule has 106 valence electrons. The van der Waals surface area contributed by atoms with Crippen LogP contribution in [-0.4, -0.2) is 24.0 Å². The van der Waals surface area contributed by atoms with E-state index in [-0.39, 0.29) is 6.04 Å². The summed E-state index contributed by atoms with van der Waals surface area (Å²) in [6, 6.07) is 7.10. The van der Waals surface area contributed by atoms with Gasteiger partial charge in [0.25, 0.3) is 0 Å². The highest BCUT2D eigenvalue weighted by Crippen LogP contribution is 2.34. The quantitative estimate of drug-likeness (QED) is 0.885. The molecule has 0 saturated carbocycles. The molecular formula is C15H22BrClN2. The lowest BCUT2D eigenvalue weighted by molar-refractivity contribution is 0.149. The average molecular weight is 346 g/mol. The van der Waals surface area contributed by atoms with Crippen molar-refractivity contribution in [2.24, 2.45) is 11.7 Å². The van der Waals surface area contributed by atoms with Gasteiger partial charge in [-0.3, -0.25) is 4.90 Å². The van der Waals surface area contributed by atoms with Crippen LogP contribution in [0.15, 0.2) is 22.7 Å². The van der Waals surface area contributed by atoms with Crippen molar-refractivity contribution < 1.29 is 0 Å². The molecule has 0 amide bonds. The Morgan fingerprint density at radius 3 is 2.79 bits per heavy atom. The Morgan fingerprint density at radius 2 is 2.21 bits per heavy atom. The molecule has 1 saturated heterocycles. The number of hydrogen-bond donors (Lipinski definition) is 1. The predicted octanol–water partition coefficient (Wildman–Crippen LogP) is 4.22.